The number of nitrogens with zero attached hydrogens (tertiary/aromatic N) is 4. The van der Waals surface area contributed by atoms with Gasteiger partial charge in [0.2, 0.25) is 0 Å². The monoisotopic (exact) mass is 366 g/mol. The van der Waals surface area contributed by atoms with Crippen LogP contribution in [0, 0.1) is 12.3 Å². The van der Waals surface area contributed by atoms with Gasteiger partial charge in [0.05, 0.1) is 11.9 Å². The molecule has 1 aliphatic rings. The fourth-order valence-corrected chi connectivity index (χ4v) is 3.36. The number of hydrogen-bond acceptors (Lipinski definition) is 8. The summed E-state index contributed by atoms with van der Waals surface area (Å²) in [4.78, 5) is 4.86. The van der Waals surface area contributed by atoms with Crippen molar-refractivity contribution in [3.8, 4) is 0 Å². The van der Waals surface area contributed by atoms with Crippen LogP contribution < -0.4 is 16.4 Å². The van der Waals surface area contributed by atoms with Gasteiger partial charge in [-0.05, 0) is 26.3 Å². The van der Waals surface area contributed by atoms with Gasteiger partial charge in [-0.1, -0.05) is 5.16 Å². The van der Waals surface area contributed by atoms with E-state index in [1.54, 1.807) is 10.7 Å². The van der Waals surface area contributed by atoms with E-state index in [0.29, 0.717) is 23.0 Å². The average molecular weight is 366 g/mol. The molecule has 140 valence electrons. The number of allylic oxidation sites excluding steroid dienone is 1. The van der Waals surface area contributed by atoms with E-state index >= 15 is 0 Å². The molecule has 4 rings (SSSR count). The number of nitrogens with one attached hydrogen (secondary N) is 3. The maximum absolute atomic E-state index is 7.61. The van der Waals surface area contributed by atoms with E-state index in [2.05, 4.69) is 20.9 Å². The molecule has 1 atom stereocenters. The zero-order valence-electron chi connectivity index (χ0n) is 15.1. The lowest BCUT2D eigenvalue weighted by molar-refractivity contribution is 0.400. The van der Waals surface area contributed by atoms with E-state index in [4.69, 9.17) is 20.7 Å². The lowest BCUT2D eigenvalue weighted by Gasteiger charge is -2.23. The minimum absolute atomic E-state index is 0.316. The van der Waals surface area contributed by atoms with Crippen LogP contribution in [-0.2, 0) is 0 Å². The smallest absolute Gasteiger partial charge is 0.175 e. The highest BCUT2D eigenvalue weighted by atomic mass is 16.5. The van der Waals surface area contributed by atoms with Gasteiger partial charge >= 0.3 is 0 Å². The van der Waals surface area contributed by atoms with Crippen molar-refractivity contribution in [2.75, 3.05) is 18.4 Å². The molecule has 1 unspecified atom stereocenters. The van der Waals surface area contributed by atoms with E-state index in [-0.39, 0.29) is 0 Å². The summed E-state index contributed by atoms with van der Waals surface area (Å²) in [5, 5.41) is 22.8. The first kappa shape index (κ1) is 17.2. The molecule has 3 aromatic rings. The summed E-state index contributed by atoms with van der Waals surface area (Å²) in [5.74, 6) is 2.38. The van der Waals surface area contributed by atoms with E-state index < -0.39 is 0 Å². The second-order valence-electron chi connectivity index (χ2n) is 6.62. The molecule has 3 aromatic heterocycles. The van der Waals surface area contributed by atoms with Gasteiger partial charge < -0.3 is 26.3 Å². The molecular weight excluding hydrogens is 344 g/mol. The Morgan fingerprint density at radius 2 is 2.37 bits per heavy atom. The molecule has 0 aliphatic carbocycles. The maximum Gasteiger partial charge on any atom is 0.175 e. The normalized spacial score (nSPS) is 18.0. The molecule has 0 amide bonds. The van der Waals surface area contributed by atoms with E-state index in [9.17, 15) is 0 Å². The Morgan fingerprint density at radius 3 is 3.04 bits per heavy atom. The number of anilines is 2. The molecule has 9 nitrogen and oxygen atoms in total. The van der Waals surface area contributed by atoms with Crippen LogP contribution in [0.15, 0.2) is 29.1 Å². The summed E-state index contributed by atoms with van der Waals surface area (Å²) >= 11 is 0. The van der Waals surface area contributed by atoms with Crippen LogP contribution in [0.2, 0.25) is 0 Å². The Hall–Kier alpha value is -3.20. The Labute approximate surface area is 156 Å². The number of nitrogens with two attached hydrogens (primary N) is 1. The second kappa shape index (κ2) is 7.20. The van der Waals surface area contributed by atoms with Gasteiger partial charge in [-0.15, -0.1) is 0 Å². The molecule has 0 spiro atoms. The van der Waals surface area contributed by atoms with E-state index in [1.807, 2.05) is 19.1 Å². The maximum atomic E-state index is 7.61. The zero-order chi connectivity index (χ0) is 18.8. The molecule has 0 bridgehead atoms. The molecule has 5 N–H and O–H groups in total. The lowest BCUT2D eigenvalue weighted by atomic mass is 9.96. The Bertz CT molecular complexity index is 996. The van der Waals surface area contributed by atoms with Crippen molar-refractivity contribution in [3.05, 3.63) is 41.5 Å². The number of hydrogen-bond donors (Lipinski definition) is 4. The fraction of sp³-hybridized carbons (Fsp3) is 0.333. The second-order valence-corrected chi connectivity index (χ2v) is 6.62. The predicted molar refractivity (Wildman–Crippen MR) is 103 cm³/mol. The van der Waals surface area contributed by atoms with Crippen molar-refractivity contribution in [2.45, 2.75) is 25.7 Å². The molecule has 1 saturated heterocycles. The Kier molecular flexibility index (Phi) is 4.59. The minimum atomic E-state index is 0.316. The molecule has 9 heteroatoms. The van der Waals surface area contributed by atoms with Gasteiger partial charge in [-0.3, -0.25) is 0 Å². The van der Waals surface area contributed by atoms with E-state index in [0.717, 1.165) is 48.8 Å². The van der Waals surface area contributed by atoms with Crippen LogP contribution in [0.4, 0.5) is 11.6 Å². The van der Waals surface area contributed by atoms with Crippen LogP contribution in [0.1, 0.15) is 35.8 Å². The van der Waals surface area contributed by atoms with Crippen molar-refractivity contribution in [2.24, 2.45) is 5.73 Å². The fourth-order valence-electron chi connectivity index (χ4n) is 3.36. The first-order valence-corrected chi connectivity index (χ1v) is 8.92. The van der Waals surface area contributed by atoms with Gasteiger partial charge in [0, 0.05) is 48.1 Å². The third kappa shape index (κ3) is 3.28. The predicted octanol–water partition coefficient (Wildman–Crippen LogP) is 2.19. The molecule has 0 radical (unpaired) electrons. The summed E-state index contributed by atoms with van der Waals surface area (Å²) < 4.78 is 6.85. The molecular formula is C18H22N8O. The number of rotatable bonds is 5. The van der Waals surface area contributed by atoms with Gasteiger partial charge in [0.1, 0.15) is 11.6 Å². The number of aromatic nitrogens is 4. The van der Waals surface area contributed by atoms with Crippen molar-refractivity contribution in [1.82, 2.24) is 25.1 Å². The summed E-state index contributed by atoms with van der Waals surface area (Å²) in [6, 6.07) is 3.82. The topological polar surface area (TPSA) is 130 Å². The highest BCUT2D eigenvalue weighted by molar-refractivity contribution is 6.10. The lowest BCUT2D eigenvalue weighted by Crippen LogP contribution is -2.29. The van der Waals surface area contributed by atoms with E-state index in [1.165, 1.54) is 12.4 Å². The highest BCUT2D eigenvalue weighted by Crippen LogP contribution is 2.28. The molecule has 0 saturated carbocycles. The summed E-state index contributed by atoms with van der Waals surface area (Å²) in [6.45, 7) is 3.76. The molecule has 0 aromatic carbocycles. The standard InChI is InChI=1S/C18H22N8O/c1-11-5-16(25-27-11)24-17-6-15(12-3-2-4-21-9-12)23-18-14(10-22-26(17)18)13(7-19)8-20/h5-8,10,12,19,21H,2-4,9,20H2,1H3,(H,24,25)/b13-8+,19-7?. The molecule has 1 fully saturated rings. The number of aryl methyl sites for hydroxylation is 1. The number of fused-ring (bicyclic) bond motifs is 1. The molecule has 1 aliphatic heterocycles. The van der Waals surface area contributed by atoms with Crippen molar-refractivity contribution in [3.63, 3.8) is 0 Å². The third-order valence-corrected chi connectivity index (χ3v) is 4.74. The number of piperidine rings is 1. The Morgan fingerprint density at radius 1 is 1.48 bits per heavy atom. The quantitative estimate of drug-likeness (QED) is 0.509. The first-order valence-electron chi connectivity index (χ1n) is 8.92. The summed E-state index contributed by atoms with van der Waals surface area (Å²) in [6.07, 6.45) is 6.47. The van der Waals surface area contributed by atoms with Crippen molar-refractivity contribution < 1.29 is 4.52 Å². The van der Waals surface area contributed by atoms with Crippen molar-refractivity contribution >= 4 is 29.1 Å². The molecule has 27 heavy (non-hydrogen) atoms. The van der Waals surface area contributed by atoms with Crippen LogP contribution in [0.5, 0.6) is 0 Å². The third-order valence-electron chi connectivity index (χ3n) is 4.74. The van der Waals surface area contributed by atoms with Gasteiger partial charge in [0.25, 0.3) is 0 Å². The van der Waals surface area contributed by atoms with Crippen LogP contribution in [-0.4, -0.2) is 39.1 Å². The van der Waals surface area contributed by atoms with Gasteiger partial charge in [0.15, 0.2) is 11.5 Å². The molecule has 4 heterocycles. The van der Waals surface area contributed by atoms with Gasteiger partial charge in [-0.25, -0.2) is 4.98 Å². The minimum Gasteiger partial charge on any atom is -0.404 e. The Balaban J connectivity index is 1.84. The zero-order valence-corrected chi connectivity index (χ0v) is 15.1. The summed E-state index contributed by atoms with van der Waals surface area (Å²) in [5.41, 5.74) is 8.60. The highest BCUT2D eigenvalue weighted by Gasteiger charge is 2.21. The average Bonchev–Trinajstić information content (AvgIpc) is 3.30. The summed E-state index contributed by atoms with van der Waals surface area (Å²) in [7, 11) is 0. The largest absolute Gasteiger partial charge is 0.404 e. The van der Waals surface area contributed by atoms with Crippen molar-refractivity contribution in [1.29, 1.82) is 5.41 Å². The van der Waals surface area contributed by atoms with Crippen LogP contribution >= 0.6 is 0 Å². The van der Waals surface area contributed by atoms with Crippen LogP contribution in [0.25, 0.3) is 11.2 Å². The SMILES string of the molecule is Cc1cc(Nc2cc(C3CCCNC3)nc3c(/C(C=N)=C/N)cnn23)no1. The van der Waals surface area contributed by atoms with Gasteiger partial charge in [-0.2, -0.15) is 9.61 Å². The first-order chi connectivity index (χ1) is 13.2. The van der Waals surface area contributed by atoms with Crippen LogP contribution in [0.3, 0.4) is 0 Å².